The second-order valence-electron chi connectivity index (χ2n) is 7.68. The van der Waals surface area contributed by atoms with Gasteiger partial charge < -0.3 is 14.5 Å². The Balaban J connectivity index is 1.39. The summed E-state index contributed by atoms with van der Waals surface area (Å²) in [6.45, 7) is 3.04. The molecule has 1 aliphatic heterocycles. The number of anilines is 2. The lowest BCUT2D eigenvalue weighted by Crippen LogP contribution is -2.47. The van der Waals surface area contributed by atoms with E-state index in [0.29, 0.717) is 40.3 Å². The van der Waals surface area contributed by atoms with Gasteiger partial charge in [-0.1, -0.05) is 23.5 Å². The van der Waals surface area contributed by atoms with Crippen molar-refractivity contribution in [1.82, 2.24) is 14.8 Å². The van der Waals surface area contributed by atoms with Gasteiger partial charge in [0.05, 0.1) is 6.20 Å². The van der Waals surface area contributed by atoms with Crippen LogP contribution in [0, 0.1) is 5.82 Å². The van der Waals surface area contributed by atoms with Crippen LogP contribution in [0.25, 0.3) is 0 Å². The maximum absolute atomic E-state index is 13.3. The highest BCUT2D eigenvalue weighted by Crippen LogP contribution is 2.31. The van der Waals surface area contributed by atoms with E-state index in [1.807, 2.05) is 11.9 Å². The first kappa shape index (κ1) is 22.7. The number of halogens is 1. The van der Waals surface area contributed by atoms with E-state index in [2.05, 4.69) is 15.2 Å². The number of aromatic nitrogens is 1. The van der Waals surface area contributed by atoms with E-state index < -0.39 is 11.8 Å². The summed E-state index contributed by atoms with van der Waals surface area (Å²) in [5, 5.41) is 3.47. The van der Waals surface area contributed by atoms with Gasteiger partial charge in [0.25, 0.3) is 5.91 Å². The van der Waals surface area contributed by atoms with E-state index in [-0.39, 0.29) is 5.91 Å². The molecular formula is C23H24FN5O3S. The average molecular weight is 470 g/mol. The number of likely N-dealkylation sites (N-methyl/N-ethyl adjacent to an activating group) is 1. The molecule has 0 radical (unpaired) electrons. The molecule has 1 aromatic heterocycles. The molecule has 172 valence electrons. The van der Waals surface area contributed by atoms with E-state index in [4.69, 9.17) is 4.74 Å². The Labute approximate surface area is 195 Å². The fourth-order valence-electron chi connectivity index (χ4n) is 3.34. The lowest BCUT2D eigenvalue weighted by atomic mass is 10.1. The fourth-order valence-corrected chi connectivity index (χ4v) is 4.02. The van der Waals surface area contributed by atoms with Crippen LogP contribution >= 0.6 is 11.3 Å². The van der Waals surface area contributed by atoms with Crippen LogP contribution in [0.3, 0.4) is 0 Å². The van der Waals surface area contributed by atoms with E-state index >= 15 is 0 Å². The normalized spacial score (nSPS) is 14.1. The van der Waals surface area contributed by atoms with E-state index in [0.717, 1.165) is 24.4 Å². The lowest BCUT2D eigenvalue weighted by Gasteiger charge is -2.32. The van der Waals surface area contributed by atoms with Gasteiger partial charge in [-0.05, 0) is 37.4 Å². The minimum atomic E-state index is -0.411. The zero-order valence-corrected chi connectivity index (χ0v) is 19.1. The van der Waals surface area contributed by atoms with Crippen LogP contribution in [0.2, 0.25) is 0 Å². The van der Waals surface area contributed by atoms with Crippen LogP contribution in [0.5, 0.6) is 10.8 Å². The van der Waals surface area contributed by atoms with Gasteiger partial charge in [0.2, 0.25) is 5.06 Å². The predicted molar refractivity (Wildman–Crippen MR) is 126 cm³/mol. The molecule has 0 bridgehead atoms. The summed E-state index contributed by atoms with van der Waals surface area (Å²) in [5.41, 5.74) is 1.12. The number of carbonyl (C=O) groups excluding carboxylic acids is 2. The topological polar surface area (TPSA) is 78.0 Å². The summed E-state index contributed by atoms with van der Waals surface area (Å²) >= 11 is 1.12. The third-order valence-corrected chi connectivity index (χ3v) is 6.08. The Hall–Kier alpha value is -3.50. The second kappa shape index (κ2) is 9.97. The minimum Gasteiger partial charge on any atom is -0.445 e. The van der Waals surface area contributed by atoms with Gasteiger partial charge in [0, 0.05) is 50.5 Å². The molecule has 0 aliphatic carbocycles. The van der Waals surface area contributed by atoms with Crippen LogP contribution in [0.1, 0.15) is 10.4 Å². The first-order valence-electron chi connectivity index (χ1n) is 10.4. The number of piperazine rings is 1. The van der Waals surface area contributed by atoms with Crippen molar-refractivity contribution in [3.63, 3.8) is 0 Å². The third kappa shape index (κ3) is 5.65. The van der Waals surface area contributed by atoms with Crippen molar-refractivity contribution in [2.75, 3.05) is 50.5 Å². The molecule has 0 atom stereocenters. The molecule has 4 rings (SSSR count). The molecule has 2 aromatic carbocycles. The highest BCUT2D eigenvalue weighted by Gasteiger charge is 2.21. The largest absolute Gasteiger partial charge is 0.445 e. The van der Waals surface area contributed by atoms with Crippen LogP contribution in [-0.4, -0.2) is 67.0 Å². The van der Waals surface area contributed by atoms with Crippen LogP contribution in [-0.2, 0) is 0 Å². The summed E-state index contributed by atoms with van der Waals surface area (Å²) < 4.78 is 18.9. The fraction of sp³-hybridized carbons (Fsp3) is 0.261. The maximum atomic E-state index is 13.3. The van der Waals surface area contributed by atoms with E-state index in [1.54, 1.807) is 43.4 Å². The number of amides is 3. The van der Waals surface area contributed by atoms with Gasteiger partial charge in [-0.2, -0.15) is 0 Å². The highest BCUT2D eigenvalue weighted by atomic mass is 32.1. The zero-order chi connectivity index (χ0) is 23.4. The molecule has 1 N–H and O–H groups in total. The Kier molecular flexibility index (Phi) is 6.85. The molecule has 8 nitrogen and oxygen atoms in total. The van der Waals surface area contributed by atoms with Crippen LogP contribution in [0.4, 0.5) is 20.0 Å². The smallest absolute Gasteiger partial charge is 0.327 e. The molecule has 3 amide bonds. The number of hydrogen-bond donors (Lipinski definition) is 1. The second-order valence-corrected chi connectivity index (χ2v) is 8.67. The van der Waals surface area contributed by atoms with Crippen LogP contribution < -0.4 is 15.0 Å². The molecule has 1 aliphatic rings. The van der Waals surface area contributed by atoms with Crippen LogP contribution in [0.15, 0.2) is 54.7 Å². The lowest BCUT2D eigenvalue weighted by molar-refractivity contribution is 0.0664. The summed E-state index contributed by atoms with van der Waals surface area (Å²) in [5.74, 6) is -0.103. The highest BCUT2D eigenvalue weighted by molar-refractivity contribution is 7.17. The van der Waals surface area contributed by atoms with Crippen molar-refractivity contribution in [2.24, 2.45) is 0 Å². The molecule has 1 fully saturated rings. The monoisotopic (exact) mass is 469 g/mol. The summed E-state index contributed by atoms with van der Waals surface area (Å²) in [4.78, 5) is 35.2. The number of nitrogens with zero attached hydrogens (tertiary/aromatic N) is 4. The van der Waals surface area contributed by atoms with Crippen molar-refractivity contribution in [3.8, 4) is 10.8 Å². The number of ether oxygens (including phenoxy) is 1. The van der Waals surface area contributed by atoms with Crippen molar-refractivity contribution in [3.05, 3.63) is 66.1 Å². The summed E-state index contributed by atoms with van der Waals surface area (Å²) in [6, 6.07) is 12.4. The number of hydrogen-bond acceptors (Lipinski definition) is 6. The van der Waals surface area contributed by atoms with Gasteiger partial charge in [0.1, 0.15) is 11.6 Å². The van der Waals surface area contributed by atoms with Gasteiger partial charge in [-0.15, -0.1) is 0 Å². The number of urea groups is 1. The molecule has 33 heavy (non-hydrogen) atoms. The average Bonchev–Trinajstić information content (AvgIpc) is 3.25. The molecule has 2 heterocycles. The van der Waals surface area contributed by atoms with Crippen molar-refractivity contribution < 1.29 is 18.7 Å². The van der Waals surface area contributed by atoms with Gasteiger partial charge in [0.15, 0.2) is 5.13 Å². The summed E-state index contributed by atoms with van der Waals surface area (Å²) in [6.07, 6.45) is 1.46. The molecular weight excluding hydrogens is 445 g/mol. The Morgan fingerprint density at radius 1 is 1.12 bits per heavy atom. The number of rotatable bonds is 5. The summed E-state index contributed by atoms with van der Waals surface area (Å²) in [7, 11) is 3.65. The number of benzene rings is 2. The van der Waals surface area contributed by atoms with E-state index in [1.165, 1.54) is 23.2 Å². The Morgan fingerprint density at radius 3 is 2.64 bits per heavy atom. The van der Waals surface area contributed by atoms with Gasteiger partial charge in [-0.25, -0.2) is 14.2 Å². The number of thiazole rings is 1. The maximum Gasteiger partial charge on any atom is 0.327 e. The molecule has 0 spiro atoms. The molecule has 0 saturated carbocycles. The number of carbonyl (C=O) groups is 2. The minimum absolute atomic E-state index is 0.0437. The number of nitrogens with one attached hydrogen (secondary N) is 1. The van der Waals surface area contributed by atoms with E-state index in [9.17, 15) is 14.0 Å². The first-order chi connectivity index (χ1) is 15.9. The first-order valence-corrected chi connectivity index (χ1v) is 11.2. The van der Waals surface area contributed by atoms with Crippen molar-refractivity contribution in [2.45, 2.75) is 0 Å². The quantitative estimate of drug-likeness (QED) is 0.608. The SMILES string of the molecule is CN1CCN(C(=O)c2cccc(N(C)C(=O)Nc3ncc(Oc4cccc(F)c4)s3)c2)CC1. The third-order valence-electron chi connectivity index (χ3n) is 5.29. The standard InChI is InChI=1S/C23H24FN5O3S/c1-27-9-11-29(12-10-27)21(30)16-5-3-7-18(13-16)28(2)23(31)26-22-25-15-20(33-22)32-19-8-4-6-17(24)14-19/h3-8,13-15H,9-12H2,1-2H3,(H,25,26,31). The van der Waals surface area contributed by atoms with Crippen molar-refractivity contribution in [1.29, 1.82) is 0 Å². The molecule has 1 saturated heterocycles. The molecule has 3 aromatic rings. The molecule has 10 heteroatoms. The molecule has 0 unspecified atom stereocenters. The Morgan fingerprint density at radius 2 is 1.88 bits per heavy atom. The van der Waals surface area contributed by atoms with Gasteiger partial charge in [-0.3, -0.25) is 15.0 Å². The van der Waals surface area contributed by atoms with Gasteiger partial charge >= 0.3 is 6.03 Å². The predicted octanol–water partition coefficient (Wildman–Crippen LogP) is 4.13. The van der Waals surface area contributed by atoms with Crippen molar-refractivity contribution >= 4 is 34.1 Å². The zero-order valence-electron chi connectivity index (χ0n) is 18.3. The Bertz CT molecular complexity index is 1150.